The van der Waals surface area contributed by atoms with Crippen molar-refractivity contribution >= 4 is 0 Å². The lowest BCUT2D eigenvalue weighted by atomic mass is 10.1. The average molecular weight is 189 g/mol. The number of hydrogen-bond acceptors (Lipinski definition) is 4. The zero-order valence-corrected chi connectivity index (χ0v) is 7.98. The van der Waals surface area contributed by atoms with E-state index in [0.29, 0.717) is 6.42 Å². The van der Waals surface area contributed by atoms with Gasteiger partial charge in [0.2, 0.25) is 0 Å². The van der Waals surface area contributed by atoms with Gasteiger partial charge in [0, 0.05) is 32.8 Å². The number of nitrogens with zero attached hydrogens (tertiary/aromatic N) is 1. The molecule has 1 aliphatic heterocycles. The summed E-state index contributed by atoms with van der Waals surface area (Å²) in [6, 6.07) is 0. The number of rotatable bonds is 5. The van der Waals surface area contributed by atoms with Crippen LogP contribution in [-0.2, 0) is 4.74 Å². The molecular formula is C9H19NO3. The Morgan fingerprint density at radius 1 is 1.23 bits per heavy atom. The molecule has 0 aromatic heterocycles. The highest BCUT2D eigenvalue weighted by atomic mass is 16.5. The molecule has 0 radical (unpaired) electrons. The van der Waals surface area contributed by atoms with Gasteiger partial charge in [-0.05, 0) is 12.3 Å². The molecule has 0 aromatic rings. The zero-order chi connectivity index (χ0) is 9.52. The Hall–Kier alpha value is -0.160. The van der Waals surface area contributed by atoms with Crippen LogP contribution >= 0.6 is 0 Å². The number of aliphatic hydroxyl groups excluding tert-OH is 2. The van der Waals surface area contributed by atoms with E-state index in [4.69, 9.17) is 14.9 Å². The van der Waals surface area contributed by atoms with Gasteiger partial charge in [0.15, 0.2) is 0 Å². The normalized spacial score (nSPS) is 21.7. The van der Waals surface area contributed by atoms with Gasteiger partial charge in [-0.1, -0.05) is 0 Å². The summed E-state index contributed by atoms with van der Waals surface area (Å²) >= 11 is 0. The Bertz CT molecular complexity index is 123. The highest BCUT2D eigenvalue weighted by molar-refractivity contribution is 4.67. The van der Waals surface area contributed by atoms with Crippen LogP contribution in [0.4, 0.5) is 0 Å². The predicted molar refractivity (Wildman–Crippen MR) is 49.5 cm³/mol. The van der Waals surface area contributed by atoms with Crippen LogP contribution in [-0.4, -0.2) is 61.2 Å². The first-order chi connectivity index (χ1) is 6.36. The minimum Gasteiger partial charge on any atom is -0.396 e. The molecule has 4 nitrogen and oxygen atoms in total. The van der Waals surface area contributed by atoms with Crippen molar-refractivity contribution in [3.63, 3.8) is 0 Å². The second-order valence-corrected chi connectivity index (χ2v) is 3.47. The van der Waals surface area contributed by atoms with Gasteiger partial charge < -0.3 is 14.9 Å². The van der Waals surface area contributed by atoms with E-state index in [1.165, 1.54) is 0 Å². The molecule has 78 valence electrons. The van der Waals surface area contributed by atoms with Crippen molar-refractivity contribution in [2.75, 3.05) is 46.1 Å². The molecule has 1 saturated heterocycles. The minimum absolute atomic E-state index is 0.162. The van der Waals surface area contributed by atoms with E-state index in [2.05, 4.69) is 4.90 Å². The molecule has 1 heterocycles. The van der Waals surface area contributed by atoms with Crippen molar-refractivity contribution in [1.82, 2.24) is 4.90 Å². The second kappa shape index (κ2) is 6.32. The SMILES string of the molecule is OCCC(CO)CN1CCOCC1. The predicted octanol–water partition coefficient (Wildman–Crippen LogP) is -0.690. The third-order valence-electron chi connectivity index (χ3n) is 2.42. The second-order valence-electron chi connectivity index (χ2n) is 3.47. The Balaban J connectivity index is 2.18. The lowest BCUT2D eigenvalue weighted by Gasteiger charge is -2.29. The first kappa shape index (κ1) is 10.9. The molecule has 0 aliphatic carbocycles. The molecule has 1 rings (SSSR count). The third-order valence-corrected chi connectivity index (χ3v) is 2.42. The highest BCUT2D eigenvalue weighted by Gasteiger charge is 2.15. The fourth-order valence-corrected chi connectivity index (χ4v) is 1.57. The van der Waals surface area contributed by atoms with E-state index in [1.54, 1.807) is 0 Å². The van der Waals surface area contributed by atoms with Crippen molar-refractivity contribution in [1.29, 1.82) is 0 Å². The van der Waals surface area contributed by atoms with E-state index < -0.39 is 0 Å². The maximum atomic E-state index is 9.02. The minimum atomic E-state index is 0.162. The Morgan fingerprint density at radius 3 is 2.46 bits per heavy atom. The van der Waals surface area contributed by atoms with Gasteiger partial charge in [0.25, 0.3) is 0 Å². The van der Waals surface area contributed by atoms with Gasteiger partial charge >= 0.3 is 0 Å². The van der Waals surface area contributed by atoms with Crippen LogP contribution in [0.5, 0.6) is 0 Å². The Morgan fingerprint density at radius 2 is 1.92 bits per heavy atom. The van der Waals surface area contributed by atoms with E-state index in [1.807, 2.05) is 0 Å². The van der Waals surface area contributed by atoms with Crippen molar-refractivity contribution < 1.29 is 14.9 Å². The van der Waals surface area contributed by atoms with Crippen molar-refractivity contribution in [3.05, 3.63) is 0 Å². The van der Waals surface area contributed by atoms with Crippen LogP contribution in [0.15, 0.2) is 0 Å². The van der Waals surface area contributed by atoms with E-state index in [-0.39, 0.29) is 19.1 Å². The number of hydrogen-bond donors (Lipinski definition) is 2. The average Bonchev–Trinajstić information content (AvgIpc) is 2.19. The number of ether oxygens (including phenoxy) is 1. The molecule has 0 spiro atoms. The largest absolute Gasteiger partial charge is 0.396 e. The molecule has 1 aliphatic rings. The fourth-order valence-electron chi connectivity index (χ4n) is 1.57. The van der Waals surface area contributed by atoms with Gasteiger partial charge in [-0.2, -0.15) is 0 Å². The highest BCUT2D eigenvalue weighted by Crippen LogP contribution is 2.06. The van der Waals surface area contributed by atoms with Gasteiger partial charge in [-0.3, -0.25) is 4.90 Å². The van der Waals surface area contributed by atoms with Gasteiger partial charge in [-0.25, -0.2) is 0 Å². The Kier molecular flexibility index (Phi) is 5.31. The number of aliphatic hydroxyl groups is 2. The van der Waals surface area contributed by atoms with Crippen LogP contribution in [0, 0.1) is 5.92 Å². The summed E-state index contributed by atoms with van der Waals surface area (Å²) in [5.41, 5.74) is 0. The molecule has 0 amide bonds. The van der Waals surface area contributed by atoms with Crippen LogP contribution in [0.1, 0.15) is 6.42 Å². The summed E-state index contributed by atoms with van der Waals surface area (Å²) in [6.45, 7) is 4.67. The summed E-state index contributed by atoms with van der Waals surface area (Å²) in [5, 5.41) is 17.8. The molecule has 1 fully saturated rings. The molecule has 0 saturated carbocycles. The van der Waals surface area contributed by atoms with Crippen LogP contribution in [0.25, 0.3) is 0 Å². The standard InChI is InChI=1S/C9H19NO3/c11-4-1-9(8-12)7-10-2-5-13-6-3-10/h9,11-12H,1-8H2. The van der Waals surface area contributed by atoms with Gasteiger partial charge in [0.1, 0.15) is 0 Å². The maximum Gasteiger partial charge on any atom is 0.0594 e. The molecule has 2 N–H and O–H groups in total. The Labute approximate surface area is 79.1 Å². The first-order valence-corrected chi connectivity index (χ1v) is 4.88. The summed E-state index contributed by atoms with van der Waals surface area (Å²) in [6.07, 6.45) is 0.688. The van der Waals surface area contributed by atoms with Crippen LogP contribution in [0.2, 0.25) is 0 Å². The topological polar surface area (TPSA) is 52.9 Å². The van der Waals surface area contributed by atoms with Crippen LogP contribution in [0.3, 0.4) is 0 Å². The van der Waals surface area contributed by atoms with Gasteiger partial charge in [0.05, 0.1) is 13.2 Å². The third kappa shape index (κ3) is 4.04. The van der Waals surface area contributed by atoms with E-state index in [9.17, 15) is 0 Å². The summed E-state index contributed by atoms with van der Waals surface area (Å²) < 4.78 is 5.22. The van der Waals surface area contributed by atoms with Crippen molar-refractivity contribution in [2.45, 2.75) is 6.42 Å². The molecular weight excluding hydrogens is 170 g/mol. The fraction of sp³-hybridized carbons (Fsp3) is 1.00. The van der Waals surface area contributed by atoms with Gasteiger partial charge in [-0.15, -0.1) is 0 Å². The number of morpholine rings is 1. The van der Waals surface area contributed by atoms with E-state index in [0.717, 1.165) is 32.8 Å². The molecule has 0 aromatic carbocycles. The summed E-state index contributed by atoms with van der Waals surface area (Å²) in [7, 11) is 0. The van der Waals surface area contributed by atoms with E-state index >= 15 is 0 Å². The first-order valence-electron chi connectivity index (χ1n) is 4.88. The zero-order valence-electron chi connectivity index (χ0n) is 7.98. The maximum absolute atomic E-state index is 9.02. The molecule has 1 unspecified atom stereocenters. The lowest BCUT2D eigenvalue weighted by Crippen LogP contribution is -2.40. The molecule has 1 atom stereocenters. The quantitative estimate of drug-likeness (QED) is 0.601. The van der Waals surface area contributed by atoms with Crippen LogP contribution < -0.4 is 0 Å². The summed E-state index contributed by atoms with van der Waals surface area (Å²) in [5.74, 6) is 0.211. The molecule has 13 heavy (non-hydrogen) atoms. The van der Waals surface area contributed by atoms with Crippen molar-refractivity contribution in [3.8, 4) is 0 Å². The monoisotopic (exact) mass is 189 g/mol. The summed E-state index contributed by atoms with van der Waals surface area (Å²) in [4.78, 5) is 2.28. The lowest BCUT2D eigenvalue weighted by molar-refractivity contribution is 0.0229. The van der Waals surface area contributed by atoms with Crippen molar-refractivity contribution in [2.24, 2.45) is 5.92 Å². The smallest absolute Gasteiger partial charge is 0.0594 e. The molecule has 4 heteroatoms. The molecule has 0 bridgehead atoms.